The van der Waals surface area contributed by atoms with Crippen LogP contribution in [0.5, 0.6) is 0 Å². The molecule has 0 aliphatic heterocycles. The largest absolute Gasteiger partial charge is 0.399 e. The molecule has 0 atom stereocenters. The van der Waals surface area contributed by atoms with Crippen LogP contribution >= 0.6 is 0 Å². The molecule has 3 N–H and O–H groups in total. The fourth-order valence-electron chi connectivity index (χ4n) is 1.67. The van der Waals surface area contributed by atoms with Crippen LogP contribution < -0.4 is 11.1 Å². The Bertz CT molecular complexity index is 599. The SMILES string of the molecule is Cc1ccc(C#N)c(NCc2cccc(N)c2)n1. The lowest BCUT2D eigenvalue weighted by Gasteiger charge is -2.08. The number of benzene rings is 1. The summed E-state index contributed by atoms with van der Waals surface area (Å²) in [5.41, 5.74) is 8.92. The highest BCUT2D eigenvalue weighted by molar-refractivity contribution is 5.52. The lowest BCUT2D eigenvalue weighted by Crippen LogP contribution is -2.04. The van der Waals surface area contributed by atoms with Crippen molar-refractivity contribution >= 4 is 11.5 Å². The molecule has 0 radical (unpaired) electrons. The van der Waals surface area contributed by atoms with Crippen molar-refractivity contribution in [3.63, 3.8) is 0 Å². The molecular weight excluding hydrogens is 224 g/mol. The maximum absolute atomic E-state index is 9.00. The monoisotopic (exact) mass is 238 g/mol. The molecule has 0 spiro atoms. The van der Waals surface area contributed by atoms with Crippen LogP contribution in [0, 0.1) is 18.3 Å². The number of nitriles is 1. The molecule has 0 aliphatic rings. The van der Waals surface area contributed by atoms with Gasteiger partial charge in [0, 0.05) is 17.9 Å². The second-order valence-electron chi connectivity index (χ2n) is 4.06. The Morgan fingerprint density at radius 1 is 1.33 bits per heavy atom. The van der Waals surface area contributed by atoms with E-state index < -0.39 is 0 Å². The highest BCUT2D eigenvalue weighted by Crippen LogP contribution is 2.14. The summed E-state index contributed by atoms with van der Waals surface area (Å²) in [7, 11) is 0. The number of hydrogen-bond acceptors (Lipinski definition) is 4. The minimum atomic E-state index is 0.546. The Kier molecular flexibility index (Phi) is 3.44. The van der Waals surface area contributed by atoms with Gasteiger partial charge in [0.1, 0.15) is 11.9 Å². The molecule has 0 amide bonds. The fourth-order valence-corrected chi connectivity index (χ4v) is 1.67. The molecule has 0 fully saturated rings. The summed E-state index contributed by atoms with van der Waals surface area (Å²) in [6.45, 7) is 2.49. The number of aryl methyl sites for hydroxylation is 1. The first-order valence-corrected chi connectivity index (χ1v) is 5.65. The summed E-state index contributed by atoms with van der Waals surface area (Å²) < 4.78 is 0. The third kappa shape index (κ3) is 2.77. The average molecular weight is 238 g/mol. The van der Waals surface area contributed by atoms with Crippen molar-refractivity contribution < 1.29 is 0 Å². The number of nitrogens with one attached hydrogen (secondary N) is 1. The first-order valence-electron chi connectivity index (χ1n) is 5.65. The molecule has 2 aromatic rings. The maximum Gasteiger partial charge on any atom is 0.144 e. The maximum atomic E-state index is 9.00. The van der Waals surface area contributed by atoms with E-state index in [-0.39, 0.29) is 0 Å². The highest BCUT2D eigenvalue weighted by Gasteiger charge is 2.03. The Balaban J connectivity index is 2.15. The Morgan fingerprint density at radius 2 is 2.17 bits per heavy atom. The molecule has 0 aliphatic carbocycles. The third-order valence-electron chi connectivity index (χ3n) is 2.57. The quantitative estimate of drug-likeness (QED) is 0.805. The van der Waals surface area contributed by atoms with E-state index >= 15 is 0 Å². The average Bonchev–Trinajstić information content (AvgIpc) is 2.37. The summed E-state index contributed by atoms with van der Waals surface area (Å²) in [6.07, 6.45) is 0. The van der Waals surface area contributed by atoms with E-state index in [1.54, 1.807) is 6.07 Å². The van der Waals surface area contributed by atoms with Gasteiger partial charge in [0.15, 0.2) is 0 Å². The molecule has 0 unspecified atom stereocenters. The van der Waals surface area contributed by atoms with Gasteiger partial charge in [0.2, 0.25) is 0 Å². The number of nitrogens with two attached hydrogens (primary N) is 1. The van der Waals surface area contributed by atoms with E-state index in [0.29, 0.717) is 17.9 Å². The zero-order valence-electron chi connectivity index (χ0n) is 10.1. The number of nitrogens with zero attached hydrogens (tertiary/aromatic N) is 2. The minimum Gasteiger partial charge on any atom is -0.399 e. The zero-order chi connectivity index (χ0) is 13.0. The van der Waals surface area contributed by atoms with E-state index in [2.05, 4.69) is 16.4 Å². The van der Waals surface area contributed by atoms with E-state index in [4.69, 9.17) is 11.0 Å². The number of pyridine rings is 1. The van der Waals surface area contributed by atoms with E-state index in [1.165, 1.54) is 0 Å². The van der Waals surface area contributed by atoms with Gasteiger partial charge in [-0.05, 0) is 36.8 Å². The Morgan fingerprint density at radius 3 is 2.89 bits per heavy atom. The molecule has 18 heavy (non-hydrogen) atoms. The van der Waals surface area contributed by atoms with Crippen molar-refractivity contribution in [2.45, 2.75) is 13.5 Å². The smallest absolute Gasteiger partial charge is 0.144 e. The predicted molar refractivity (Wildman–Crippen MR) is 71.9 cm³/mol. The molecular formula is C14H14N4. The second-order valence-corrected chi connectivity index (χ2v) is 4.06. The van der Waals surface area contributed by atoms with Crippen molar-refractivity contribution in [2.24, 2.45) is 0 Å². The van der Waals surface area contributed by atoms with Gasteiger partial charge in [0.25, 0.3) is 0 Å². The number of nitrogen functional groups attached to an aromatic ring is 1. The Hall–Kier alpha value is -2.54. The molecule has 90 valence electrons. The minimum absolute atomic E-state index is 0.546. The first-order chi connectivity index (χ1) is 8.69. The van der Waals surface area contributed by atoms with Crippen LogP contribution in [0.1, 0.15) is 16.8 Å². The van der Waals surface area contributed by atoms with E-state index in [0.717, 1.165) is 16.9 Å². The Labute approximate surface area is 106 Å². The molecule has 0 saturated carbocycles. The normalized spacial score (nSPS) is 9.78. The topological polar surface area (TPSA) is 74.7 Å². The lowest BCUT2D eigenvalue weighted by molar-refractivity contribution is 1.08. The molecule has 1 aromatic heterocycles. The number of anilines is 2. The van der Waals surface area contributed by atoms with Gasteiger partial charge in [-0.15, -0.1) is 0 Å². The summed E-state index contributed by atoms with van der Waals surface area (Å²) in [5.74, 6) is 0.611. The van der Waals surface area contributed by atoms with Crippen molar-refractivity contribution in [3.8, 4) is 6.07 Å². The van der Waals surface area contributed by atoms with Crippen molar-refractivity contribution in [1.82, 2.24) is 4.98 Å². The summed E-state index contributed by atoms with van der Waals surface area (Å²) in [4.78, 5) is 4.32. The summed E-state index contributed by atoms with van der Waals surface area (Å²) in [6, 6.07) is 13.3. The van der Waals surface area contributed by atoms with Gasteiger partial charge >= 0.3 is 0 Å². The summed E-state index contributed by atoms with van der Waals surface area (Å²) in [5, 5.41) is 12.2. The van der Waals surface area contributed by atoms with E-state index in [1.807, 2.05) is 37.3 Å². The van der Waals surface area contributed by atoms with Crippen molar-refractivity contribution in [1.29, 1.82) is 5.26 Å². The molecule has 0 saturated heterocycles. The third-order valence-corrected chi connectivity index (χ3v) is 2.57. The van der Waals surface area contributed by atoms with Crippen molar-refractivity contribution in [2.75, 3.05) is 11.1 Å². The van der Waals surface area contributed by atoms with Crippen LogP contribution in [0.4, 0.5) is 11.5 Å². The van der Waals surface area contributed by atoms with Gasteiger partial charge in [0.05, 0.1) is 5.56 Å². The summed E-state index contributed by atoms with van der Waals surface area (Å²) >= 11 is 0. The molecule has 4 heteroatoms. The van der Waals surface area contributed by atoms with Gasteiger partial charge < -0.3 is 11.1 Å². The lowest BCUT2D eigenvalue weighted by atomic mass is 10.2. The van der Waals surface area contributed by atoms with Crippen LogP contribution in [0.3, 0.4) is 0 Å². The number of aromatic nitrogens is 1. The van der Waals surface area contributed by atoms with Gasteiger partial charge in [-0.1, -0.05) is 12.1 Å². The molecule has 2 rings (SSSR count). The molecule has 1 heterocycles. The van der Waals surface area contributed by atoms with Crippen molar-refractivity contribution in [3.05, 3.63) is 53.2 Å². The number of rotatable bonds is 3. The number of hydrogen-bond donors (Lipinski definition) is 2. The van der Waals surface area contributed by atoms with Crippen LogP contribution in [0.15, 0.2) is 36.4 Å². The standard InChI is InChI=1S/C14H14N4/c1-10-5-6-12(8-15)14(18-10)17-9-11-3-2-4-13(16)7-11/h2-7H,9,16H2,1H3,(H,17,18). The predicted octanol–water partition coefficient (Wildman–Crippen LogP) is 2.46. The fraction of sp³-hybridized carbons (Fsp3) is 0.143. The van der Waals surface area contributed by atoms with Gasteiger partial charge in [-0.3, -0.25) is 0 Å². The molecule has 0 bridgehead atoms. The van der Waals surface area contributed by atoms with Gasteiger partial charge in [-0.25, -0.2) is 4.98 Å². The van der Waals surface area contributed by atoms with E-state index in [9.17, 15) is 0 Å². The highest BCUT2D eigenvalue weighted by atomic mass is 15.0. The zero-order valence-corrected chi connectivity index (χ0v) is 10.1. The molecule has 4 nitrogen and oxygen atoms in total. The second kappa shape index (κ2) is 5.19. The van der Waals surface area contributed by atoms with Crippen LogP contribution in [0.25, 0.3) is 0 Å². The first kappa shape index (κ1) is 11.9. The van der Waals surface area contributed by atoms with Crippen LogP contribution in [-0.2, 0) is 6.54 Å². The van der Waals surface area contributed by atoms with Crippen LogP contribution in [0.2, 0.25) is 0 Å². The van der Waals surface area contributed by atoms with Crippen LogP contribution in [-0.4, -0.2) is 4.98 Å². The molecule has 1 aromatic carbocycles. The van der Waals surface area contributed by atoms with Gasteiger partial charge in [-0.2, -0.15) is 5.26 Å².